The number of aryl methyl sites for hydroxylation is 1. The van der Waals surface area contributed by atoms with E-state index in [1.54, 1.807) is 20.1 Å². The number of nitrogens with zero attached hydrogens (tertiary/aromatic N) is 3. The fraction of sp³-hybridized carbons (Fsp3) is 0.641. The van der Waals surface area contributed by atoms with E-state index < -0.39 is 75.2 Å². The minimum atomic E-state index is -3.89. The summed E-state index contributed by atoms with van der Waals surface area (Å²) in [4.78, 5) is 65.1. The van der Waals surface area contributed by atoms with Crippen LogP contribution in [0.15, 0.2) is 30.9 Å². The van der Waals surface area contributed by atoms with Gasteiger partial charge in [-0.15, -0.1) is 6.58 Å². The van der Waals surface area contributed by atoms with Crippen molar-refractivity contribution >= 4 is 44.9 Å². The van der Waals surface area contributed by atoms with Crippen LogP contribution in [0.5, 0.6) is 11.6 Å². The van der Waals surface area contributed by atoms with Gasteiger partial charge in [-0.1, -0.05) is 46.6 Å². The molecule has 15 nitrogen and oxygen atoms in total. The van der Waals surface area contributed by atoms with Crippen LogP contribution in [0.3, 0.4) is 0 Å². The van der Waals surface area contributed by atoms with E-state index in [4.69, 9.17) is 24.2 Å². The van der Waals surface area contributed by atoms with Gasteiger partial charge in [0.25, 0.3) is 5.91 Å². The molecule has 1 saturated heterocycles. The normalized spacial score (nSPS) is 29.4. The number of amides is 4. The molecule has 0 spiro atoms. The van der Waals surface area contributed by atoms with Crippen LogP contribution in [0.1, 0.15) is 89.0 Å². The zero-order chi connectivity index (χ0) is 39.7. The van der Waals surface area contributed by atoms with Crippen molar-refractivity contribution in [1.29, 1.82) is 0 Å². The van der Waals surface area contributed by atoms with Crippen LogP contribution < -0.4 is 24.8 Å². The van der Waals surface area contributed by atoms with Gasteiger partial charge in [0, 0.05) is 22.2 Å². The molecule has 0 unspecified atom stereocenters. The number of alkyl carbamates (subject to hydrolysis) is 1. The second kappa shape index (κ2) is 16.3. The lowest BCUT2D eigenvalue weighted by Crippen LogP contribution is -2.58. The molecule has 4 fully saturated rings. The van der Waals surface area contributed by atoms with Crippen LogP contribution in [0.2, 0.25) is 0 Å². The molecule has 4 amide bonds. The Morgan fingerprint density at radius 1 is 1.09 bits per heavy atom. The Morgan fingerprint density at radius 2 is 1.84 bits per heavy atom. The van der Waals surface area contributed by atoms with Crippen molar-refractivity contribution in [2.24, 2.45) is 23.7 Å². The summed E-state index contributed by atoms with van der Waals surface area (Å²) >= 11 is 0. The summed E-state index contributed by atoms with van der Waals surface area (Å²) in [5.74, 6) is -1.18. The third-order valence-corrected chi connectivity index (χ3v) is 12.6. The minimum Gasteiger partial charge on any atom is -0.497 e. The Kier molecular flexibility index (Phi) is 11.9. The van der Waals surface area contributed by atoms with Crippen molar-refractivity contribution in [3.05, 3.63) is 36.5 Å². The number of hydrogen-bond acceptors (Lipinski definition) is 11. The van der Waals surface area contributed by atoms with Gasteiger partial charge in [0.05, 0.1) is 29.9 Å². The summed E-state index contributed by atoms with van der Waals surface area (Å²) < 4.78 is 44.9. The molecule has 3 aliphatic carbocycles. The quantitative estimate of drug-likeness (QED) is 0.334. The first-order valence-corrected chi connectivity index (χ1v) is 21.0. The first-order chi connectivity index (χ1) is 26.1. The van der Waals surface area contributed by atoms with Gasteiger partial charge < -0.3 is 29.7 Å². The van der Waals surface area contributed by atoms with E-state index in [0.717, 1.165) is 38.0 Å². The third kappa shape index (κ3) is 9.33. The lowest BCUT2D eigenvalue weighted by Gasteiger charge is -2.28. The molecule has 16 heteroatoms. The average Bonchev–Trinajstić information content (AvgIpc) is 4.04. The minimum absolute atomic E-state index is 0. The van der Waals surface area contributed by atoms with Gasteiger partial charge in [0.15, 0.2) is 0 Å². The molecule has 2 aromatic rings. The van der Waals surface area contributed by atoms with E-state index in [0.29, 0.717) is 47.6 Å². The molecule has 3 saturated carbocycles. The number of hydrogen-bond donors (Lipinski definition) is 3. The molecule has 0 radical (unpaired) electrons. The van der Waals surface area contributed by atoms with E-state index in [1.807, 2.05) is 12.1 Å². The maximum Gasteiger partial charge on any atom is 0.407 e. The molecule has 1 aromatic carbocycles. The summed E-state index contributed by atoms with van der Waals surface area (Å²) in [5, 5.41) is 4.68. The summed E-state index contributed by atoms with van der Waals surface area (Å²) in [6.07, 6.45) is 5.96. The Labute approximate surface area is 327 Å². The molecule has 3 N–H and O–H groups in total. The molecule has 306 valence electrons. The predicted octanol–water partition coefficient (Wildman–Crippen LogP) is 4.53. The van der Waals surface area contributed by atoms with Crippen LogP contribution in [-0.4, -0.2) is 96.3 Å². The molecule has 7 rings (SSSR count). The van der Waals surface area contributed by atoms with Crippen molar-refractivity contribution in [1.82, 2.24) is 30.2 Å². The van der Waals surface area contributed by atoms with E-state index in [-0.39, 0.29) is 29.3 Å². The molecular formula is C39H60N6O9S. The fourth-order valence-electron chi connectivity index (χ4n) is 7.31. The van der Waals surface area contributed by atoms with Crippen molar-refractivity contribution in [3.8, 4) is 11.6 Å². The number of benzene rings is 1. The van der Waals surface area contributed by atoms with Gasteiger partial charge in [-0.05, 0) is 68.9 Å². The number of rotatable bonds is 7. The summed E-state index contributed by atoms with van der Waals surface area (Å²) in [5.41, 5.74) is 0.352. The van der Waals surface area contributed by atoms with Gasteiger partial charge in [-0.3, -0.25) is 19.1 Å². The predicted molar refractivity (Wildman–Crippen MR) is 210 cm³/mol. The Balaban J connectivity index is 0.00000123. The lowest BCUT2D eigenvalue weighted by atomic mass is 9.98. The van der Waals surface area contributed by atoms with E-state index in [1.165, 1.54) is 11.0 Å². The highest BCUT2D eigenvalue weighted by molar-refractivity contribution is 7.91. The first kappa shape index (κ1) is 40.2. The van der Waals surface area contributed by atoms with Gasteiger partial charge in [-0.25, -0.2) is 23.2 Å². The summed E-state index contributed by atoms with van der Waals surface area (Å²) in [6.45, 7) is 11.6. The topological polar surface area (TPSA) is 195 Å². The molecule has 1 aromatic heterocycles. The number of ether oxygens (including phenoxy) is 3. The average molecular weight is 789 g/mol. The Morgan fingerprint density at radius 3 is 2.51 bits per heavy atom. The number of aromatic nitrogens is 2. The monoisotopic (exact) mass is 788 g/mol. The van der Waals surface area contributed by atoms with Crippen LogP contribution in [0, 0.1) is 23.7 Å². The number of fused-ring (bicyclic) bond motifs is 5. The van der Waals surface area contributed by atoms with Crippen LogP contribution in [0.4, 0.5) is 4.79 Å². The smallest absolute Gasteiger partial charge is 0.407 e. The molecule has 7 atom stereocenters. The maximum atomic E-state index is 14.2. The zero-order valence-corrected chi connectivity index (χ0v) is 33.2. The Bertz CT molecular complexity index is 1930. The van der Waals surface area contributed by atoms with Crippen LogP contribution in [0.25, 0.3) is 11.0 Å². The molecule has 2 aliphatic heterocycles. The lowest BCUT2D eigenvalue weighted by molar-refractivity contribution is -0.140. The SMILES string of the molecule is C=C[C@@H]1C[C@]1(NC(=O)[C@@H]1[C@H](C)[C@@H]2CN1C(=O)CNC(=O)O[C@@H]1C[C@H]1CCCCCc1nc3ccc(OC)cc3nc1O2)C(=O)NS(=O)(=O)C1CC1.CC(C)C.[HH].[HH].[HH]. The second-order valence-electron chi connectivity index (χ2n) is 16.1. The van der Waals surface area contributed by atoms with E-state index in [2.05, 4.69) is 42.7 Å². The van der Waals surface area contributed by atoms with Crippen molar-refractivity contribution in [2.75, 3.05) is 20.2 Å². The molecule has 5 aliphatic rings. The fourth-order valence-corrected chi connectivity index (χ4v) is 8.67. The van der Waals surface area contributed by atoms with Gasteiger partial charge in [0.2, 0.25) is 27.7 Å². The van der Waals surface area contributed by atoms with E-state index in [9.17, 15) is 27.6 Å². The van der Waals surface area contributed by atoms with Crippen molar-refractivity contribution < 1.29 is 46.1 Å². The molecular weight excluding hydrogens is 729 g/mol. The number of sulfonamides is 1. The number of carbonyl (C=O) groups excluding carboxylic acids is 4. The highest BCUT2D eigenvalue weighted by Crippen LogP contribution is 2.46. The zero-order valence-electron chi connectivity index (χ0n) is 32.3. The highest BCUT2D eigenvalue weighted by atomic mass is 32.2. The number of nitrogens with one attached hydrogen (secondary N) is 3. The summed E-state index contributed by atoms with van der Waals surface area (Å²) in [7, 11) is -2.32. The van der Waals surface area contributed by atoms with Crippen molar-refractivity contribution in [3.63, 3.8) is 0 Å². The standard InChI is InChI=1S/C35H44N6O9S.C4H10.3H2/c1-4-21-16-35(21,33(44)40-51(46,47)23-11-12-23)39-31(43)30-19(2)28-18-41(30)29(42)17-36-34(45)50-27-14-20(27)8-6-5-7-9-25-32(49-28)38-26-15-22(48-3)10-13-24(26)37-25;1-4(2)3;;;/h4,10,13,15,19-21,23,27-28,30H,1,5-9,11-12,14,16-18H2,2-3H3,(H,36,45)(H,39,43)(H,40,44);4H,1-3H3;3*1H/t19-,20-,21-,27-,28+,30+,35-;;;;/m1..../s1. The van der Waals surface area contributed by atoms with Gasteiger partial charge in [0.1, 0.15) is 41.8 Å². The maximum absolute atomic E-state index is 14.2. The molecule has 2 bridgehead atoms. The highest BCUT2D eigenvalue weighted by Gasteiger charge is 2.62. The van der Waals surface area contributed by atoms with Crippen LogP contribution >= 0.6 is 0 Å². The first-order valence-electron chi connectivity index (χ1n) is 19.4. The molecule has 55 heavy (non-hydrogen) atoms. The van der Waals surface area contributed by atoms with Gasteiger partial charge >= 0.3 is 6.09 Å². The van der Waals surface area contributed by atoms with Crippen LogP contribution in [-0.2, 0) is 35.6 Å². The summed E-state index contributed by atoms with van der Waals surface area (Å²) in [6, 6.07) is 4.28. The second-order valence-corrected chi connectivity index (χ2v) is 18.1. The number of carbonyl (C=O) groups is 4. The Hall–Kier alpha value is -4.47. The third-order valence-electron chi connectivity index (χ3n) is 10.8. The van der Waals surface area contributed by atoms with E-state index >= 15 is 0 Å². The largest absolute Gasteiger partial charge is 0.497 e. The van der Waals surface area contributed by atoms with Crippen molar-refractivity contribution in [2.45, 2.75) is 115 Å². The van der Waals surface area contributed by atoms with Gasteiger partial charge in [-0.2, -0.15) is 0 Å². The number of methoxy groups -OCH3 is 1. The molecule has 3 heterocycles.